The van der Waals surface area contributed by atoms with Crippen LogP contribution in [0.4, 0.5) is 0 Å². The van der Waals surface area contributed by atoms with Crippen LogP contribution in [0.1, 0.15) is 107 Å². The van der Waals surface area contributed by atoms with Gasteiger partial charge in [0, 0.05) is 12.5 Å². The SMILES string of the molecule is CC(C=CC1=C(C)CCCC1(C)C)=CC=CC(C)=CC1CC(C=CC=C(C)C=CC2=C(C)CCCC2(C)C)=CC=[N+]1CCO. The fraction of sp³-hybridized carbons (Fsp3) is 0.500. The molecule has 0 aromatic rings. The quantitative estimate of drug-likeness (QED) is 0.187. The van der Waals surface area contributed by atoms with E-state index in [4.69, 9.17) is 0 Å². The summed E-state index contributed by atoms with van der Waals surface area (Å²) in [7, 11) is 0. The lowest BCUT2D eigenvalue weighted by Crippen LogP contribution is -2.31. The van der Waals surface area contributed by atoms with Crippen molar-refractivity contribution in [3.8, 4) is 0 Å². The highest BCUT2D eigenvalue weighted by Gasteiger charge is 2.27. The van der Waals surface area contributed by atoms with E-state index in [1.165, 1.54) is 83.1 Å². The number of allylic oxidation sites excluding steroid dienone is 18. The molecule has 2 aliphatic carbocycles. The fourth-order valence-electron chi connectivity index (χ4n) is 6.96. The van der Waals surface area contributed by atoms with E-state index in [1.807, 2.05) is 0 Å². The average molecular weight is 595 g/mol. The molecule has 3 rings (SSSR count). The molecule has 0 radical (unpaired) electrons. The first-order chi connectivity index (χ1) is 20.8. The smallest absolute Gasteiger partial charge is 0.175 e. The summed E-state index contributed by atoms with van der Waals surface area (Å²) < 4.78 is 2.24. The first-order valence-electron chi connectivity index (χ1n) is 16.9. The highest BCUT2D eigenvalue weighted by Crippen LogP contribution is 2.41. The molecule has 0 saturated heterocycles. The maximum Gasteiger partial charge on any atom is 0.175 e. The minimum Gasteiger partial charge on any atom is -0.390 e. The van der Waals surface area contributed by atoms with Gasteiger partial charge in [0.15, 0.2) is 18.8 Å². The summed E-state index contributed by atoms with van der Waals surface area (Å²) in [5.41, 5.74) is 11.7. The summed E-state index contributed by atoms with van der Waals surface area (Å²) in [5, 5.41) is 9.66. The lowest BCUT2D eigenvalue weighted by atomic mass is 9.72. The molecule has 0 amide bonds. The van der Waals surface area contributed by atoms with Crippen molar-refractivity contribution in [2.24, 2.45) is 10.8 Å². The molecule has 0 saturated carbocycles. The molecule has 0 bridgehead atoms. The van der Waals surface area contributed by atoms with Crippen LogP contribution in [0.15, 0.2) is 117 Å². The molecule has 44 heavy (non-hydrogen) atoms. The van der Waals surface area contributed by atoms with E-state index in [0.717, 1.165) is 6.42 Å². The van der Waals surface area contributed by atoms with Crippen molar-refractivity contribution in [2.45, 2.75) is 113 Å². The monoisotopic (exact) mass is 594 g/mol. The molecule has 2 heteroatoms. The zero-order chi connectivity index (χ0) is 32.3. The van der Waals surface area contributed by atoms with Gasteiger partial charge in [-0.1, -0.05) is 111 Å². The second-order valence-corrected chi connectivity index (χ2v) is 14.6. The van der Waals surface area contributed by atoms with E-state index < -0.39 is 0 Å². The lowest BCUT2D eigenvalue weighted by Gasteiger charge is -2.33. The average Bonchev–Trinajstić information content (AvgIpc) is 2.93. The first-order valence-corrected chi connectivity index (χ1v) is 16.9. The van der Waals surface area contributed by atoms with E-state index in [0.29, 0.717) is 6.54 Å². The van der Waals surface area contributed by atoms with Gasteiger partial charge in [-0.25, -0.2) is 4.58 Å². The second kappa shape index (κ2) is 16.4. The zero-order valence-electron chi connectivity index (χ0n) is 29.3. The molecule has 0 fully saturated rings. The minimum absolute atomic E-state index is 0.150. The van der Waals surface area contributed by atoms with Crippen molar-refractivity contribution < 1.29 is 9.68 Å². The topological polar surface area (TPSA) is 23.2 Å². The highest BCUT2D eigenvalue weighted by atomic mass is 16.3. The molecule has 1 N–H and O–H groups in total. The Bertz CT molecular complexity index is 1370. The van der Waals surface area contributed by atoms with Gasteiger partial charge in [0.05, 0.1) is 0 Å². The molecule has 1 unspecified atom stereocenters. The molecule has 3 aliphatic rings. The van der Waals surface area contributed by atoms with Gasteiger partial charge in [0.25, 0.3) is 0 Å². The number of aliphatic hydroxyl groups excluding tert-OH is 1. The maximum atomic E-state index is 9.66. The molecule has 0 aromatic heterocycles. The summed E-state index contributed by atoms with van der Waals surface area (Å²) >= 11 is 0. The van der Waals surface area contributed by atoms with E-state index >= 15 is 0 Å². The van der Waals surface area contributed by atoms with E-state index in [2.05, 4.69) is 146 Å². The molecular formula is C42H60NO+. The number of rotatable bonds is 11. The van der Waals surface area contributed by atoms with Gasteiger partial charge in [-0.2, -0.15) is 0 Å². The van der Waals surface area contributed by atoms with Gasteiger partial charge in [0.2, 0.25) is 0 Å². The van der Waals surface area contributed by atoms with Gasteiger partial charge in [-0.15, -0.1) is 0 Å². The summed E-state index contributed by atoms with van der Waals surface area (Å²) in [6.45, 7) is 21.4. The van der Waals surface area contributed by atoms with Crippen molar-refractivity contribution in [2.75, 3.05) is 13.2 Å². The Hall–Kier alpha value is -2.97. The molecule has 1 aliphatic heterocycles. The van der Waals surface area contributed by atoms with Crippen LogP contribution in [0.3, 0.4) is 0 Å². The number of β-amino-alcohol motifs (C(OH)–C–C–N with tert-alkyl or cyclic N) is 1. The Morgan fingerprint density at radius 3 is 1.86 bits per heavy atom. The molecule has 0 spiro atoms. The van der Waals surface area contributed by atoms with Gasteiger partial charge >= 0.3 is 0 Å². The van der Waals surface area contributed by atoms with E-state index in [1.54, 1.807) is 0 Å². The van der Waals surface area contributed by atoms with Crippen molar-refractivity contribution >= 4 is 6.21 Å². The second-order valence-electron chi connectivity index (χ2n) is 14.6. The third-order valence-electron chi connectivity index (χ3n) is 9.66. The number of hydrogen-bond acceptors (Lipinski definition) is 1. The van der Waals surface area contributed by atoms with Crippen LogP contribution in [0.25, 0.3) is 0 Å². The van der Waals surface area contributed by atoms with Crippen LogP contribution in [-0.4, -0.2) is 35.1 Å². The van der Waals surface area contributed by atoms with Gasteiger partial charge in [0.1, 0.15) is 6.61 Å². The fourth-order valence-corrected chi connectivity index (χ4v) is 6.96. The Kier molecular flexibility index (Phi) is 13.2. The first kappa shape index (κ1) is 35.5. The predicted octanol–water partition coefficient (Wildman–Crippen LogP) is 10.9. The van der Waals surface area contributed by atoms with Crippen LogP contribution in [0.5, 0.6) is 0 Å². The van der Waals surface area contributed by atoms with Gasteiger partial charge < -0.3 is 5.11 Å². The normalized spacial score (nSPS) is 24.0. The summed E-state index contributed by atoms with van der Waals surface area (Å²) in [6.07, 6.45) is 37.5. The molecule has 0 aromatic carbocycles. The molecule has 238 valence electrons. The zero-order valence-corrected chi connectivity index (χ0v) is 29.3. The van der Waals surface area contributed by atoms with Crippen LogP contribution in [0, 0.1) is 10.8 Å². The van der Waals surface area contributed by atoms with E-state index in [-0.39, 0.29) is 23.5 Å². The van der Waals surface area contributed by atoms with Crippen molar-refractivity contribution in [1.82, 2.24) is 0 Å². The molecule has 2 nitrogen and oxygen atoms in total. The Morgan fingerprint density at radius 2 is 1.34 bits per heavy atom. The van der Waals surface area contributed by atoms with Crippen LogP contribution < -0.4 is 0 Å². The lowest BCUT2D eigenvalue weighted by molar-refractivity contribution is -0.552. The van der Waals surface area contributed by atoms with E-state index in [9.17, 15) is 5.11 Å². The van der Waals surface area contributed by atoms with Crippen molar-refractivity contribution in [3.63, 3.8) is 0 Å². The Morgan fingerprint density at radius 1 is 0.795 bits per heavy atom. The third kappa shape index (κ3) is 10.6. The standard InChI is InChI=1S/C42H60NO/c1-32(20-22-39-35(4)17-12-25-41(39,6)7)14-10-16-34(3)30-38-31-37(24-27-43(38)28-29-44)19-11-15-33(2)21-23-40-36(5)18-13-26-42(40,8)9/h10-11,14-16,19-24,27,30,38,44H,12-13,17-18,25-26,28-29,31H2,1-9H3/q+1. The largest absolute Gasteiger partial charge is 0.390 e. The number of aliphatic hydroxyl groups is 1. The van der Waals surface area contributed by atoms with Gasteiger partial charge in [-0.05, 0) is 112 Å². The van der Waals surface area contributed by atoms with Crippen LogP contribution in [0.2, 0.25) is 0 Å². The van der Waals surface area contributed by atoms with Crippen molar-refractivity contribution in [1.29, 1.82) is 0 Å². The Labute approximate surface area is 270 Å². The predicted molar refractivity (Wildman–Crippen MR) is 193 cm³/mol. The molecule has 1 heterocycles. The number of hydrogen-bond donors (Lipinski definition) is 1. The molecular weight excluding hydrogens is 534 g/mol. The summed E-state index contributed by atoms with van der Waals surface area (Å²) in [5.74, 6) is 0. The summed E-state index contributed by atoms with van der Waals surface area (Å²) in [6, 6.07) is 0.221. The van der Waals surface area contributed by atoms with Crippen LogP contribution >= 0.6 is 0 Å². The minimum atomic E-state index is 0.150. The number of nitrogens with zero attached hydrogens (tertiary/aromatic N) is 1. The third-order valence-corrected chi connectivity index (χ3v) is 9.66. The van der Waals surface area contributed by atoms with Crippen LogP contribution in [-0.2, 0) is 0 Å². The molecule has 1 atom stereocenters. The summed E-state index contributed by atoms with van der Waals surface area (Å²) in [4.78, 5) is 0. The highest BCUT2D eigenvalue weighted by molar-refractivity contribution is 5.69. The van der Waals surface area contributed by atoms with Gasteiger partial charge in [-0.3, -0.25) is 0 Å². The maximum absolute atomic E-state index is 9.66. The van der Waals surface area contributed by atoms with Crippen molar-refractivity contribution in [3.05, 3.63) is 117 Å². The Balaban J connectivity index is 1.65.